The lowest BCUT2D eigenvalue weighted by atomic mass is 10.2. The van der Waals surface area contributed by atoms with E-state index in [-0.39, 0.29) is 0 Å². The van der Waals surface area contributed by atoms with Crippen LogP contribution in [0.3, 0.4) is 0 Å². The smallest absolute Gasteiger partial charge is 0.118 e. The largest absolute Gasteiger partial charge is 0.465 e. The summed E-state index contributed by atoms with van der Waals surface area (Å²) >= 11 is 0. The van der Waals surface area contributed by atoms with Gasteiger partial charge in [-0.25, -0.2) is 0 Å². The van der Waals surface area contributed by atoms with Crippen molar-refractivity contribution in [2.45, 2.75) is 20.0 Å². The van der Waals surface area contributed by atoms with Crippen LogP contribution in [0, 0.1) is 6.92 Å². The first-order valence-electron chi connectivity index (χ1n) is 5.43. The molecule has 0 amide bonds. The zero-order chi connectivity index (χ0) is 12.0. The van der Waals surface area contributed by atoms with E-state index in [0.717, 1.165) is 36.7 Å². The molecule has 0 aromatic carbocycles. The van der Waals surface area contributed by atoms with Crippen LogP contribution in [0.4, 0.5) is 0 Å². The van der Waals surface area contributed by atoms with Crippen molar-refractivity contribution >= 4 is 0 Å². The summed E-state index contributed by atoms with van der Waals surface area (Å²) < 4.78 is 5.64. The van der Waals surface area contributed by atoms with Gasteiger partial charge in [-0.1, -0.05) is 12.2 Å². The van der Waals surface area contributed by atoms with Crippen molar-refractivity contribution in [2.24, 2.45) is 5.73 Å². The van der Waals surface area contributed by atoms with Crippen molar-refractivity contribution < 1.29 is 4.42 Å². The van der Waals surface area contributed by atoms with Gasteiger partial charge in [0.15, 0.2) is 0 Å². The molecule has 1 rings (SSSR count). The summed E-state index contributed by atoms with van der Waals surface area (Å²) in [5.74, 6) is 1.86. The van der Waals surface area contributed by atoms with Crippen LogP contribution in [-0.2, 0) is 13.1 Å². The predicted molar refractivity (Wildman–Crippen MR) is 67.0 cm³/mol. The van der Waals surface area contributed by atoms with Gasteiger partial charge in [0.05, 0.1) is 6.54 Å². The third-order valence-electron chi connectivity index (χ3n) is 2.45. The van der Waals surface area contributed by atoms with Crippen molar-refractivity contribution in [3.63, 3.8) is 0 Å². The molecule has 1 aromatic heterocycles. The third-order valence-corrected chi connectivity index (χ3v) is 2.45. The maximum atomic E-state index is 5.64. The van der Waals surface area contributed by atoms with Gasteiger partial charge in [-0.15, -0.1) is 13.2 Å². The molecule has 0 radical (unpaired) electrons. The van der Waals surface area contributed by atoms with Crippen LogP contribution in [0.15, 0.2) is 35.8 Å². The van der Waals surface area contributed by atoms with Gasteiger partial charge >= 0.3 is 0 Å². The summed E-state index contributed by atoms with van der Waals surface area (Å²) in [6, 6.07) is 2.02. The molecule has 88 valence electrons. The van der Waals surface area contributed by atoms with Crippen molar-refractivity contribution in [3.8, 4) is 0 Å². The second-order valence-corrected chi connectivity index (χ2v) is 3.77. The number of furan rings is 1. The van der Waals surface area contributed by atoms with E-state index in [1.807, 2.05) is 25.1 Å². The average Bonchev–Trinajstić information content (AvgIpc) is 2.59. The van der Waals surface area contributed by atoms with E-state index < -0.39 is 0 Å². The number of rotatable bonds is 7. The summed E-state index contributed by atoms with van der Waals surface area (Å²) in [6.45, 7) is 12.4. The molecule has 0 bridgehead atoms. The fraction of sp³-hybridized carbons (Fsp3) is 0.385. The number of nitrogens with two attached hydrogens (primary N) is 1. The lowest BCUT2D eigenvalue weighted by Crippen LogP contribution is -2.22. The molecule has 0 spiro atoms. The Morgan fingerprint density at radius 1 is 1.38 bits per heavy atom. The molecule has 16 heavy (non-hydrogen) atoms. The number of nitrogens with zero attached hydrogens (tertiary/aromatic N) is 1. The number of hydrogen-bond acceptors (Lipinski definition) is 3. The molecular formula is C13H20N2O. The van der Waals surface area contributed by atoms with Crippen LogP contribution in [-0.4, -0.2) is 18.0 Å². The molecule has 1 heterocycles. The molecule has 3 nitrogen and oxygen atoms in total. The van der Waals surface area contributed by atoms with E-state index in [9.17, 15) is 0 Å². The minimum absolute atomic E-state index is 0.526. The second kappa shape index (κ2) is 6.30. The fourth-order valence-electron chi connectivity index (χ4n) is 1.66. The molecule has 1 aromatic rings. The topological polar surface area (TPSA) is 42.4 Å². The highest BCUT2D eigenvalue weighted by Crippen LogP contribution is 2.15. The molecule has 0 aliphatic rings. The molecule has 2 N–H and O–H groups in total. The monoisotopic (exact) mass is 220 g/mol. The van der Waals surface area contributed by atoms with Crippen LogP contribution in [0.25, 0.3) is 0 Å². The quantitative estimate of drug-likeness (QED) is 0.716. The maximum absolute atomic E-state index is 5.64. The van der Waals surface area contributed by atoms with Crippen molar-refractivity contribution in [2.75, 3.05) is 13.1 Å². The molecule has 0 saturated carbocycles. The SMILES string of the molecule is C=CCN(CC=C)Cc1cc(CN)c(C)o1. The Kier molecular flexibility index (Phi) is 5.02. The molecule has 0 unspecified atom stereocenters. The Balaban J connectivity index is 2.68. The van der Waals surface area contributed by atoms with E-state index in [1.165, 1.54) is 0 Å². The van der Waals surface area contributed by atoms with E-state index >= 15 is 0 Å². The van der Waals surface area contributed by atoms with Gasteiger partial charge in [0.25, 0.3) is 0 Å². The number of aryl methyl sites for hydroxylation is 1. The van der Waals surface area contributed by atoms with Gasteiger partial charge in [-0.05, 0) is 13.0 Å². The van der Waals surface area contributed by atoms with E-state index in [0.29, 0.717) is 6.54 Å². The van der Waals surface area contributed by atoms with Crippen LogP contribution >= 0.6 is 0 Å². The lowest BCUT2D eigenvalue weighted by Gasteiger charge is -2.16. The van der Waals surface area contributed by atoms with Crippen LogP contribution < -0.4 is 5.73 Å². The minimum Gasteiger partial charge on any atom is -0.465 e. The second-order valence-electron chi connectivity index (χ2n) is 3.77. The predicted octanol–water partition coefficient (Wildman–Crippen LogP) is 2.22. The third kappa shape index (κ3) is 3.36. The highest BCUT2D eigenvalue weighted by atomic mass is 16.3. The van der Waals surface area contributed by atoms with E-state index in [4.69, 9.17) is 10.2 Å². The number of hydrogen-bond donors (Lipinski definition) is 1. The minimum atomic E-state index is 0.526. The Hall–Kier alpha value is -1.32. The Morgan fingerprint density at radius 3 is 2.44 bits per heavy atom. The molecule has 0 aliphatic carbocycles. The van der Waals surface area contributed by atoms with Gasteiger partial charge in [0.1, 0.15) is 11.5 Å². The molecule has 0 saturated heterocycles. The summed E-state index contributed by atoms with van der Waals surface area (Å²) in [6.07, 6.45) is 3.76. The Bertz CT molecular complexity index is 345. The highest BCUT2D eigenvalue weighted by molar-refractivity contribution is 5.20. The molecule has 3 heteroatoms. The van der Waals surface area contributed by atoms with Crippen LogP contribution in [0.2, 0.25) is 0 Å². The van der Waals surface area contributed by atoms with Gasteiger partial charge < -0.3 is 10.2 Å². The van der Waals surface area contributed by atoms with Crippen molar-refractivity contribution in [1.82, 2.24) is 4.90 Å². The van der Waals surface area contributed by atoms with Crippen LogP contribution in [0.1, 0.15) is 17.1 Å². The summed E-state index contributed by atoms with van der Waals surface area (Å²) in [4.78, 5) is 2.19. The van der Waals surface area contributed by atoms with E-state index in [1.54, 1.807) is 0 Å². The lowest BCUT2D eigenvalue weighted by molar-refractivity contribution is 0.292. The first kappa shape index (κ1) is 12.7. The first-order chi connectivity index (χ1) is 7.71. The zero-order valence-corrected chi connectivity index (χ0v) is 9.91. The molecule has 0 aliphatic heterocycles. The Morgan fingerprint density at radius 2 is 2.00 bits per heavy atom. The summed E-state index contributed by atoms with van der Waals surface area (Å²) in [7, 11) is 0. The van der Waals surface area contributed by atoms with Crippen molar-refractivity contribution in [3.05, 3.63) is 48.5 Å². The molecule has 0 fully saturated rings. The van der Waals surface area contributed by atoms with Gasteiger partial charge in [-0.2, -0.15) is 0 Å². The maximum Gasteiger partial charge on any atom is 0.118 e. The first-order valence-corrected chi connectivity index (χ1v) is 5.43. The average molecular weight is 220 g/mol. The normalized spacial score (nSPS) is 10.7. The molecular weight excluding hydrogens is 200 g/mol. The van der Waals surface area contributed by atoms with E-state index in [2.05, 4.69) is 18.1 Å². The summed E-state index contributed by atoms with van der Waals surface area (Å²) in [5, 5.41) is 0. The fourth-order valence-corrected chi connectivity index (χ4v) is 1.66. The van der Waals surface area contributed by atoms with Gasteiger partial charge in [0, 0.05) is 25.2 Å². The summed E-state index contributed by atoms with van der Waals surface area (Å²) in [5.41, 5.74) is 6.68. The van der Waals surface area contributed by atoms with Gasteiger partial charge in [-0.3, -0.25) is 4.90 Å². The van der Waals surface area contributed by atoms with Gasteiger partial charge in [0.2, 0.25) is 0 Å². The highest BCUT2D eigenvalue weighted by Gasteiger charge is 2.09. The Labute approximate surface area is 97.2 Å². The zero-order valence-electron chi connectivity index (χ0n) is 9.91. The van der Waals surface area contributed by atoms with Crippen molar-refractivity contribution in [1.29, 1.82) is 0 Å². The molecule has 0 atom stereocenters. The van der Waals surface area contributed by atoms with Crippen LogP contribution in [0.5, 0.6) is 0 Å². The standard InChI is InChI=1S/C13H20N2O/c1-4-6-15(7-5-2)10-13-8-12(9-14)11(3)16-13/h4-5,8H,1-2,6-7,9-10,14H2,3H3.